The second kappa shape index (κ2) is 15.2. The molecule has 0 aliphatic carbocycles. The number of rotatable bonds is 13. The van der Waals surface area contributed by atoms with Gasteiger partial charge in [-0.05, 0) is 47.4 Å². The zero-order chi connectivity index (χ0) is 39.2. The second-order valence-corrected chi connectivity index (χ2v) is 33.8. The summed E-state index contributed by atoms with van der Waals surface area (Å²) < 4.78 is 28.9. The number of para-hydroxylation sites is 1. The Labute approximate surface area is 319 Å². The molecule has 1 saturated heterocycles. The third-order valence-corrected chi connectivity index (χ3v) is 25.7. The zero-order valence-electron chi connectivity index (χ0n) is 34.1. The molecule has 0 spiro atoms. The highest BCUT2D eigenvalue weighted by Gasteiger charge is 2.47. The summed E-state index contributed by atoms with van der Waals surface area (Å²) >= 11 is 7.02. The van der Waals surface area contributed by atoms with Crippen LogP contribution >= 0.6 is 11.6 Å². The fourth-order valence-electron chi connectivity index (χ4n) is 5.32. The third-order valence-electron chi connectivity index (χ3n) is 11.9. The van der Waals surface area contributed by atoms with Gasteiger partial charge in [0.15, 0.2) is 24.9 Å². The van der Waals surface area contributed by atoms with E-state index in [4.69, 9.17) is 39.9 Å². The molecule has 4 rings (SSSR count). The van der Waals surface area contributed by atoms with Crippen LogP contribution in [-0.2, 0) is 31.5 Å². The van der Waals surface area contributed by atoms with Crippen molar-refractivity contribution in [1.29, 1.82) is 0 Å². The van der Waals surface area contributed by atoms with Crippen LogP contribution in [0.1, 0.15) is 86.1 Å². The number of ether oxygens (including phenoxy) is 2. The predicted molar refractivity (Wildman–Crippen MR) is 219 cm³/mol. The van der Waals surface area contributed by atoms with Gasteiger partial charge in [-0.2, -0.15) is 4.98 Å². The van der Waals surface area contributed by atoms with Crippen molar-refractivity contribution < 1.29 is 23.2 Å². The number of fused-ring (bicyclic) bond motifs is 1. The molecule has 1 N–H and O–H groups in total. The lowest BCUT2D eigenvalue weighted by Crippen LogP contribution is -2.48. The van der Waals surface area contributed by atoms with Crippen molar-refractivity contribution in [2.24, 2.45) is 0 Å². The van der Waals surface area contributed by atoms with Gasteiger partial charge in [0, 0.05) is 24.2 Å². The second-order valence-electron chi connectivity index (χ2n) is 18.8. The van der Waals surface area contributed by atoms with E-state index in [1.807, 2.05) is 10.8 Å². The smallest absolute Gasteiger partial charge is 0.274 e. The van der Waals surface area contributed by atoms with Crippen molar-refractivity contribution in [3.05, 3.63) is 56.9 Å². The molecule has 52 heavy (non-hydrogen) atoms. The van der Waals surface area contributed by atoms with Crippen LogP contribution in [0.15, 0.2) is 30.5 Å². The Morgan fingerprint density at radius 2 is 1.52 bits per heavy atom. The highest BCUT2D eigenvalue weighted by atomic mass is 35.5. The molecule has 0 radical (unpaired) electrons. The molecule has 3 aromatic rings. The van der Waals surface area contributed by atoms with E-state index in [2.05, 4.69) is 107 Å². The van der Waals surface area contributed by atoms with Crippen molar-refractivity contribution in [1.82, 2.24) is 14.5 Å². The van der Waals surface area contributed by atoms with E-state index < -0.39 is 36.0 Å². The largest absolute Gasteiger partial charge is 0.414 e. The lowest BCUT2D eigenvalue weighted by Gasteiger charge is -2.40. The van der Waals surface area contributed by atoms with Crippen molar-refractivity contribution in [2.75, 3.05) is 11.6 Å². The average Bonchev–Trinajstić information content (AvgIpc) is 3.55. The molecule has 1 aliphatic rings. The summed E-state index contributed by atoms with van der Waals surface area (Å²) in [6.07, 6.45) is 1.69. The summed E-state index contributed by atoms with van der Waals surface area (Å²) in [5.74, 6) is 0.473. The Kier molecular flexibility index (Phi) is 12.4. The van der Waals surface area contributed by atoms with Gasteiger partial charge < -0.3 is 27.9 Å². The molecule has 290 valence electrons. The maximum Gasteiger partial charge on any atom is 0.274 e. The van der Waals surface area contributed by atoms with Crippen LogP contribution < -0.4 is 4.98 Å². The summed E-state index contributed by atoms with van der Waals surface area (Å²) in [7, 11) is -6.32. The molecule has 0 bridgehead atoms. The number of nitro groups is 1. The van der Waals surface area contributed by atoms with Gasteiger partial charge in [0.25, 0.3) is 5.69 Å². The Balaban J connectivity index is 1.77. The van der Waals surface area contributed by atoms with Crippen molar-refractivity contribution >= 4 is 59.1 Å². The molecule has 15 heteroatoms. The van der Waals surface area contributed by atoms with E-state index >= 15 is 0 Å². The van der Waals surface area contributed by atoms with Gasteiger partial charge in [-0.1, -0.05) is 99.1 Å². The fourth-order valence-corrected chi connectivity index (χ4v) is 9.02. The number of nitro benzene ring substituents is 1. The van der Waals surface area contributed by atoms with E-state index in [1.165, 1.54) is 6.07 Å². The first-order valence-electron chi connectivity index (χ1n) is 18.3. The Bertz CT molecular complexity index is 1750. The zero-order valence-corrected chi connectivity index (χ0v) is 37.8. The highest BCUT2D eigenvalue weighted by molar-refractivity contribution is 6.83. The van der Waals surface area contributed by atoms with E-state index in [9.17, 15) is 10.1 Å². The SMILES string of the molecule is CC(C)(C)[Si](C)(C)Nc1nc(Cl)c2c(COCc3ccccc3[N+](=O)[O-])cn([C@H]3C[C@@H](O[Si](C)(C)C(C)(C)C)[C@@H](CO[Si](C)(C)C(C)(C)C)O3)c2n1. The van der Waals surface area contributed by atoms with Crippen molar-refractivity contribution in [3.8, 4) is 0 Å². The molecule has 0 amide bonds. The quantitative estimate of drug-likeness (QED) is 0.0780. The monoisotopic (exact) mass is 791 g/mol. The lowest BCUT2D eigenvalue weighted by atomic mass is 10.2. The van der Waals surface area contributed by atoms with Gasteiger partial charge in [0.2, 0.25) is 5.95 Å². The summed E-state index contributed by atoms with van der Waals surface area (Å²) in [5, 5.41) is 12.7. The maximum absolute atomic E-state index is 11.6. The number of benzene rings is 1. The van der Waals surface area contributed by atoms with Crippen LogP contribution in [0.5, 0.6) is 0 Å². The minimum absolute atomic E-state index is 0.0134. The van der Waals surface area contributed by atoms with Gasteiger partial charge >= 0.3 is 0 Å². The lowest BCUT2D eigenvalue weighted by molar-refractivity contribution is -0.386. The summed E-state index contributed by atoms with van der Waals surface area (Å²) in [5.41, 5.74) is 1.91. The molecule has 11 nitrogen and oxygen atoms in total. The van der Waals surface area contributed by atoms with Gasteiger partial charge in [0.1, 0.15) is 23.1 Å². The predicted octanol–water partition coefficient (Wildman–Crippen LogP) is 10.8. The minimum atomic E-state index is -2.18. The molecular weight excluding hydrogens is 730 g/mol. The van der Waals surface area contributed by atoms with E-state index in [1.54, 1.807) is 18.2 Å². The van der Waals surface area contributed by atoms with Gasteiger partial charge in [-0.3, -0.25) is 10.1 Å². The first-order valence-corrected chi connectivity index (χ1v) is 27.5. The minimum Gasteiger partial charge on any atom is -0.414 e. The topological polar surface area (TPSA) is 123 Å². The molecule has 3 atom stereocenters. The molecule has 1 aliphatic heterocycles. The first kappa shape index (κ1) is 42.6. The van der Waals surface area contributed by atoms with Crippen LogP contribution in [0, 0.1) is 10.1 Å². The number of nitrogens with zero attached hydrogens (tertiary/aromatic N) is 4. The third kappa shape index (κ3) is 9.36. The van der Waals surface area contributed by atoms with Gasteiger partial charge in [-0.15, -0.1) is 0 Å². The Morgan fingerprint density at radius 3 is 2.10 bits per heavy atom. The molecule has 0 unspecified atom stereocenters. The number of halogens is 1. The molecule has 1 aromatic carbocycles. The Morgan fingerprint density at radius 1 is 0.923 bits per heavy atom. The first-order chi connectivity index (χ1) is 23.6. The van der Waals surface area contributed by atoms with E-state index in [0.29, 0.717) is 40.7 Å². The molecule has 3 heterocycles. The van der Waals surface area contributed by atoms with Crippen LogP contribution in [0.25, 0.3) is 11.0 Å². The summed E-state index contributed by atoms with van der Waals surface area (Å²) in [6, 6.07) is 6.61. The summed E-state index contributed by atoms with van der Waals surface area (Å²) in [4.78, 5) is 24.7. The number of hydrogen-bond acceptors (Lipinski definition) is 9. The van der Waals surface area contributed by atoms with Crippen LogP contribution in [0.3, 0.4) is 0 Å². The van der Waals surface area contributed by atoms with Crippen molar-refractivity contribution in [2.45, 2.75) is 155 Å². The summed E-state index contributed by atoms with van der Waals surface area (Å²) in [6.45, 7) is 34.4. The van der Waals surface area contributed by atoms with Gasteiger partial charge in [-0.25, -0.2) is 4.98 Å². The van der Waals surface area contributed by atoms with Crippen LogP contribution in [0.4, 0.5) is 11.6 Å². The standard InChI is InChI=1S/C37H62ClN5O6Si3/c1-35(2,3)50(10,11)41-34-39-32(38)31-26(23-46-22-25-18-16-17-19-27(25)43(44)45)21-42(33(31)40-34)30-20-28(49-52(14,15)37(7,8)9)29(48-30)24-47-51(12,13)36(4,5)6/h16-19,21,28-30H,20,22-24H2,1-15H3,(H,39,40,41)/t28-,29-,30-/m1/s1. The fraction of sp³-hybridized carbons (Fsp3) is 0.676. The van der Waals surface area contributed by atoms with Crippen LogP contribution in [-0.4, -0.2) is 63.1 Å². The number of nitrogens with one attached hydrogen (secondary N) is 1. The van der Waals surface area contributed by atoms with Crippen LogP contribution in [0.2, 0.25) is 59.5 Å². The normalized spacial score (nSPS) is 19.4. The number of hydrogen-bond donors (Lipinski definition) is 1. The maximum atomic E-state index is 11.6. The highest BCUT2D eigenvalue weighted by Crippen LogP contribution is 2.44. The van der Waals surface area contributed by atoms with E-state index in [0.717, 1.165) is 5.56 Å². The molecule has 1 fully saturated rings. The van der Waals surface area contributed by atoms with Gasteiger partial charge in [0.05, 0.1) is 41.8 Å². The number of aromatic nitrogens is 3. The number of anilines is 1. The molecule has 2 aromatic heterocycles. The Hall–Kier alpha value is -2.18. The van der Waals surface area contributed by atoms with Crippen molar-refractivity contribution in [3.63, 3.8) is 0 Å². The average molecular weight is 793 g/mol. The van der Waals surface area contributed by atoms with E-state index in [-0.39, 0.29) is 46.2 Å². The molecule has 0 saturated carbocycles. The molecular formula is C37H62ClN5O6Si3.